The van der Waals surface area contributed by atoms with Crippen molar-refractivity contribution in [3.63, 3.8) is 0 Å². The van der Waals surface area contributed by atoms with E-state index < -0.39 is 0 Å². The molecule has 2 N–H and O–H groups in total. The molecule has 21 heavy (non-hydrogen) atoms. The van der Waals surface area contributed by atoms with Crippen LogP contribution in [0, 0.1) is 5.92 Å². The zero-order valence-corrected chi connectivity index (χ0v) is 12.7. The summed E-state index contributed by atoms with van der Waals surface area (Å²) >= 11 is 0. The smallest absolute Gasteiger partial charge is 0.337 e. The first-order valence-corrected chi connectivity index (χ1v) is 7.95. The van der Waals surface area contributed by atoms with E-state index in [1.807, 2.05) is 12.1 Å². The molecular weight excluding hydrogens is 264 g/mol. The number of hydrogen-bond donors (Lipinski definition) is 1. The number of nitrogen functional groups attached to an aromatic ring is 1. The van der Waals surface area contributed by atoms with Crippen molar-refractivity contribution >= 4 is 17.3 Å². The normalized spacial score (nSPS) is 22.7. The maximum atomic E-state index is 11.6. The van der Waals surface area contributed by atoms with Gasteiger partial charge in [0.15, 0.2) is 0 Å². The summed E-state index contributed by atoms with van der Waals surface area (Å²) in [6.45, 7) is 1.07. The first-order valence-electron chi connectivity index (χ1n) is 7.95. The molecule has 1 heterocycles. The minimum Gasteiger partial charge on any atom is -0.465 e. The number of anilines is 2. The third-order valence-electron chi connectivity index (χ3n) is 5.00. The van der Waals surface area contributed by atoms with Crippen LogP contribution in [0.1, 0.15) is 48.9 Å². The zero-order chi connectivity index (χ0) is 14.8. The third kappa shape index (κ3) is 2.71. The highest BCUT2D eigenvalue weighted by Crippen LogP contribution is 2.39. The second kappa shape index (κ2) is 5.96. The fraction of sp³-hybridized carbons (Fsp3) is 0.588. The first-order chi connectivity index (χ1) is 10.2. The predicted octanol–water partition coefficient (Wildman–Crippen LogP) is 3.21. The van der Waals surface area contributed by atoms with Gasteiger partial charge in [-0.15, -0.1) is 0 Å². The lowest BCUT2D eigenvalue weighted by Crippen LogP contribution is -2.35. The fourth-order valence-electron chi connectivity index (χ4n) is 3.98. The lowest BCUT2D eigenvalue weighted by Gasteiger charge is -2.32. The standard InChI is InChI=1S/C17H24N2O2/c1-21-17(20)13-8-9-16(14(18)11-13)19-10-4-7-15(19)12-5-2-3-6-12/h8-9,11-12,15H,2-7,10,18H2,1H3. The summed E-state index contributed by atoms with van der Waals surface area (Å²) in [7, 11) is 1.39. The molecule has 1 aliphatic carbocycles. The molecule has 4 heteroatoms. The van der Waals surface area contributed by atoms with Crippen molar-refractivity contribution < 1.29 is 9.53 Å². The molecule has 0 radical (unpaired) electrons. The molecule has 4 nitrogen and oxygen atoms in total. The first kappa shape index (κ1) is 14.2. The molecule has 3 rings (SSSR count). The largest absolute Gasteiger partial charge is 0.465 e. The average molecular weight is 288 g/mol. The predicted molar refractivity (Wildman–Crippen MR) is 84.5 cm³/mol. The van der Waals surface area contributed by atoms with Gasteiger partial charge in [0.1, 0.15) is 0 Å². The van der Waals surface area contributed by atoms with Crippen LogP contribution in [0.5, 0.6) is 0 Å². The summed E-state index contributed by atoms with van der Waals surface area (Å²) in [5.41, 5.74) is 8.49. The van der Waals surface area contributed by atoms with Crippen molar-refractivity contribution in [3.05, 3.63) is 23.8 Å². The van der Waals surface area contributed by atoms with Crippen LogP contribution in [0.15, 0.2) is 18.2 Å². The van der Waals surface area contributed by atoms with E-state index in [0.29, 0.717) is 17.3 Å². The van der Waals surface area contributed by atoms with E-state index in [2.05, 4.69) is 4.90 Å². The highest BCUT2D eigenvalue weighted by atomic mass is 16.5. The average Bonchev–Trinajstić information content (AvgIpc) is 3.16. The minimum absolute atomic E-state index is 0.331. The number of methoxy groups -OCH3 is 1. The molecular formula is C17H24N2O2. The molecule has 1 saturated heterocycles. The molecule has 0 amide bonds. The van der Waals surface area contributed by atoms with Gasteiger partial charge < -0.3 is 15.4 Å². The second-order valence-corrected chi connectivity index (χ2v) is 6.21. The number of nitrogens with zero attached hydrogens (tertiary/aromatic N) is 1. The summed E-state index contributed by atoms with van der Waals surface area (Å²) in [4.78, 5) is 14.0. The van der Waals surface area contributed by atoms with Crippen LogP contribution in [-0.4, -0.2) is 25.7 Å². The van der Waals surface area contributed by atoms with Gasteiger partial charge >= 0.3 is 5.97 Å². The molecule has 1 saturated carbocycles. The van der Waals surface area contributed by atoms with E-state index in [-0.39, 0.29) is 5.97 Å². The Balaban J connectivity index is 1.83. The number of ether oxygens (including phenoxy) is 1. The Labute approximate surface area is 126 Å². The Morgan fingerprint density at radius 2 is 2.00 bits per heavy atom. The maximum absolute atomic E-state index is 11.6. The van der Waals surface area contributed by atoms with Gasteiger partial charge in [-0.2, -0.15) is 0 Å². The van der Waals surface area contributed by atoms with Gasteiger partial charge in [0, 0.05) is 12.6 Å². The van der Waals surface area contributed by atoms with E-state index in [4.69, 9.17) is 10.5 Å². The molecule has 1 aromatic rings. The zero-order valence-electron chi connectivity index (χ0n) is 12.7. The molecule has 0 aromatic heterocycles. The van der Waals surface area contributed by atoms with Crippen LogP contribution in [0.2, 0.25) is 0 Å². The number of benzene rings is 1. The quantitative estimate of drug-likeness (QED) is 0.685. The van der Waals surface area contributed by atoms with E-state index in [1.54, 1.807) is 6.07 Å². The molecule has 114 valence electrons. The van der Waals surface area contributed by atoms with Gasteiger partial charge in [-0.25, -0.2) is 4.79 Å². The van der Waals surface area contributed by atoms with Gasteiger partial charge in [-0.1, -0.05) is 12.8 Å². The van der Waals surface area contributed by atoms with Crippen LogP contribution in [0.3, 0.4) is 0 Å². The summed E-state index contributed by atoms with van der Waals surface area (Å²) in [6, 6.07) is 6.17. The Hall–Kier alpha value is -1.71. The summed E-state index contributed by atoms with van der Waals surface area (Å²) in [6.07, 6.45) is 7.93. The van der Waals surface area contributed by atoms with Crippen molar-refractivity contribution in [2.24, 2.45) is 5.92 Å². The molecule has 1 aromatic carbocycles. The summed E-state index contributed by atoms with van der Waals surface area (Å²) < 4.78 is 4.75. The molecule has 0 bridgehead atoms. The Morgan fingerprint density at radius 1 is 1.24 bits per heavy atom. The highest BCUT2D eigenvalue weighted by molar-refractivity contribution is 5.92. The van der Waals surface area contributed by atoms with Gasteiger partial charge in [-0.05, 0) is 49.8 Å². The van der Waals surface area contributed by atoms with Crippen molar-refractivity contribution in [1.29, 1.82) is 0 Å². The number of carbonyl (C=O) groups is 1. The lowest BCUT2D eigenvalue weighted by molar-refractivity contribution is 0.0601. The van der Waals surface area contributed by atoms with E-state index >= 15 is 0 Å². The molecule has 2 aliphatic rings. The number of esters is 1. The minimum atomic E-state index is -0.331. The lowest BCUT2D eigenvalue weighted by atomic mass is 9.95. The topological polar surface area (TPSA) is 55.6 Å². The molecule has 2 fully saturated rings. The second-order valence-electron chi connectivity index (χ2n) is 6.21. The maximum Gasteiger partial charge on any atom is 0.337 e. The number of nitrogens with two attached hydrogens (primary N) is 1. The molecule has 1 unspecified atom stereocenters. The van der Waals surface area contributed by atoms with Gasteiger partial charge in [-0.3, -0.25) is 0 Å². The Morgan fingerprint density at radius 3 is 2.67 bits per heavy atom. The van der Waals surface area contributed by atoms with Gasteiger partial charge in [0.25, 0.3) is 0 Å². The Bertz CT molecular complexity index is 524. The van der Waals surface area contributed by atoms with Crippen molar-refractivity contribution in [2.75, 3.05) is 24.3 Å². The molecule has 0 spiro atoms. The molecule has 1 atom stereocenters. The van der Waals surface area contributed by atoms with Gasteiger partial charge in [0.05, 0.1) is 24.0 Å². The molecule has 1 aliphatic heterocycles. The van der Waals surface area contributed by atoms with Crippen molar-refractivity contribution in [3.8, 4) is 0 Å². The SMILES string of the molecule is COC(=O)c1ccc(N2CCCC2C2CCCC2)c(N)c1. The van der Waals surface area contributed by atoms with Crippen LogP contribution < -0.4 is 10.6 Å². The van der Waals surface area contributed by atoms with Crippen LogP contribution in [0.4, 0.5) is 11.4 Å². The highest BCUT2D eigenvalue weighted by Gasteiger charge is 2.34. The fourth-order valence-corrected chi connectivity index (χ4v) is 3.98. The number of rotatable bonds is 3. The summed E-state index contributed by atoms with van der Waals surface area (Å²) in [5.74, 6) is 0.481. The van der Waals surface area contributed by atoms with Crippen LogP contribution >= 0.6 is 0 Å². The van der Waals surface area contributed by atoms with Crippen LogP contribution in [-0.2, 0) is 4.74 Å². The summed E-state index contributed by atoms with van der Waals surface area (Å²) in [5, 5.41) is 0. The Kier molecular flexibility index (Phi) is 4.04. The number of carbonyl (C=O) groups excluding carboxylic acids is 1. The van der Waals surface area contributed by atoms with Crippen molar-refractivity contribution in [1.82, 2.24) is 0 Å². The van der Waals surface area contributed by atoms with E-state index in [9.17, 15) is 4.79 Å². The van der Waals surface area contributed by atoms with Crippen molar-refractivity contribution in [2.45, 2.75) is 44.6 Å². The third-order valence-corrected chi connectivity index (χ3v) is 5.00. The van der Waals surface area contributed by atoms with Gasteiger partial charge in [0.2, 0.25) is 0 Å². The van der Waals surface area contributed by atoms with Crippen LogP contribution in [0.25, 0.3) is 0 Å². The monoisotopic (exact) mass is 288 g/mol. The van der Waals surface area contributed by atoms with E-state index in [0.717, 1.165) is 18.2 Å². The van der Waals surface area contributed by atoms with E-state index in [1.165, 1.54) is 45.6 Å². The number of hydrogen-bond acceptors (Lipinski definition) is 4.